The van der Waals surface area contributed by atoms with Crippen LogP contribution in [0.5, 0.6) is 5.88 Å². The van der Waals surface area contributed by atoms with Crippen molar-refractivity contribution in [3.8, 4) is 17.0 Å². The Morgan fingerprint density at radius 1 is 1.08 bits per heavy atom. The van der Waals surface area contributed by atoms with Crippen LogP contribution in [0.4, 0.5) is 0 Å². The number of amides is 2. The molecular formula is C27H31N5O5. The molecule has 2 fully saturated rings. The number of carbonyl (C=O) groups excluding carboxylic acids is 3. The fourth-order valence-electron chi connectivity index (χ4n) is 4.83. The van der Waals surface area contributed by atoms with Gasteiger partial charge in [-0.2, -0.15) is 5.10 Å². The minimum atomic E-state index is -0.639. The number of fused-ring (bicyclic) bond motifs is 1. The lowest BCUT2D eigenvalue weighted by Crippen LogP contribution is -2.37. The first-order valence-electron chi connectivity index (χ1n) is 12.7. The Morgan fingerprint density at radius 3 is 2.57 bits per heavy atom. The molecular weight excluding hydrogens is 474 g/mol. The van der Waals surface area contributed by atoms with Gasteiger partial charge in [-0.1, -0.05) is 12.5 Å². The number of rotatable bonds is 8. The van der Waals surface area contributed by atoms with Gasteiger partial charge < -0.3 is 20.1 Å². The number of nitrogens with zero attached hydrogens (tertiary/aromatic N) is 2. The number of carbonyl (C=O) groups is 3. The van der Waals surface area contributed by atoms with Crippen LogP contribution in [0.25, 0.3) is 22.0 Å². The predicted molar refractivity (Wildman–Crippen MR) is 136 cm³/mol. The fraction of sp³-hybridized carbons (Fsp3) is 0.444. The zero-order valence-electron chi connectivity index (χ0n) is 21.1. The van der Waals surface area contributed by atoms with Gasteiger partial charge in [0.05, 0.1) is 18.0 Å². The number of pyridine rings is 1. The molecule has 0 saturated heterocycles. The highest BCUT2D eigenvalue weighted by atomic mass is 16.5. The first-order chi connectivity index (χ1) is 17.9. The number of aromatic nitrogens is 3. The molecule has 1 aromatic carbocycles. The lowest BCUT2D eigenvalue weighted by molar-refractivity contribution is -0.157. The Labute approximate surface area is 214 Å². The maximum Gasteiger partial charge on any atom is 0.314 e. The van der Waals surface area contributed by atoms with Crippen LogP contribution in [-0.4, -0.2) is 59.8 Å². The highest BCUT2D eigenvalue weighted by Gasteiger charge is 2.52. The SMILES string of the molecule is CNC(=O)c1n[nH]c2cc(-c3cnc(OC)c(C(=O)NCC4(C(=O)OC5CCCCC5)CC4)c3)ccc12. The number of H-pyrrole nitrogens is 1. The number of nitrogens with one attached hydrogen (secondary N) is 3. The summed E-state index contributed by atoms with van der Waals surface area (Å²) in [6.45, 7) is 0.215. The van der Waals surface area contributed by atoms with E-state index in [4.69, 9.17) is 9.47 Å². The average Bonchev–Trinajstić information content (AvgIpc) is 3.62. The molecule has 194 valence electrons. The first kappa shape index (κ1) is 24.7. The Morgan fingerprint density at radius 2 is 1.86 bits per heavy atom. The van der Waals surface area contributed by atoms with Gasteiger partial charge in [0, 0.05) is 30.7 Å². The van der Waals surface area contributed by atoms with Crippen LogP contribution in [0, 0.1) is 5.41 Å². The molecule has 0 unspecified atom stereocenters. The third kappa shape index (κ3) is 5.00. The fourth-order valence-corrected chi connectivity index (χ4v) is 4.83. The van der Waals surface area contributed by atoms with Gasteiger partial charge in [0.2, 0.25) is 5.88 Å². The molecule has 10 heteroatoms. The summed E-state index contributed by atoms with van der Waals surface area (Å²) >= 11 is 0. The standard InChI is InChI=1S/C27H31N5O5/c1-28-24(34)22-19-9-8-16(13-21(19)31-32-22)17-12-20(25(36-2)29-14-17)23(33)30-15-27(10-11-27)26(35)37-18-6-4-3-5-7-18/h8-9,12-14,18H,3-7,10-11,15H2,1-2H3,(H,28,34)(H,30,33)(H,31,32). The summed E-state index contributed by atoms with van der Waals surface area (Å²) in [4.78, 5) is 42.4. The van der Waals surface area contributed by atoms with Crippen LogP contribution in [0.15, 0.2) is 30.5 Å². The second-order valence-electron chi connectivity index (χ2n) is 9.82. The van der Waals surface area contributed by atoms with Crippen molar-refractivity contribution in [3.05, 3.63) is 41.7 Å². The second kappa shape index (κ2) is 10.2. The maximum absolute atomic E-state index is 13.2. The number of methoxy groups -OCH3 is 1. The van der Waals surface area contributed by atoms with E-state index in [1.165, 1.54) is 13.5 Å². The van der Waals surface area contributed by atoms with Crippen molar-refractivity contribution < 1.29 is 23.9 Å². The number of hydrogen-bond donors (Lipinski definition) is 3. The van der Waals surface area contributed by atoms with Gasteiger partial charge in [-0.3, -0.25) is 19.5 Å². The number of benzene rings is 1. The number of esters is 1. The van der Waals surface area contributed by atoms with Gasteiger partial charge in [-0.25, -0.2) is 4.98 Å². The molecule has 37 heavy (non-hydrogen) atoms. The zero-order chi connectivity index (χ0) is 26.0. The van der Waals surface area contributed by atoms with Crippen LogP contribution in [-0.2, 0) is 9.53 Å². The quantitative estimate of drug-likeness (QED) is 0.399. The Bertz CT molecular complexity index is 1340. The van der Waals surface area contributed by atoms with Gasteiger partial charge in [0.15, 0.2) is 5.69 Å². The predicted octanol–water partition coefficient (Wildman–Crippen LogP) is 3.38. The van der Waals surface area contributed by atoms with Crippen molar-refractivity contribution in [2.45, 2.75) is 51.0 Å². The van der Waals surface area contributed by atoms with Gasteiger partial charge in [-0.15, -0.1) is 0 Å². The van der Waals surface area contributed by atoms with E-state index in [1.807, 2.05) is 12.1 Å². The van der Waals surface area contributed by atoms with Crippen LogP contribution < -0.4 is 15.4 Å². The molecule has 3 aromatic rings. The van der Waals surface area contributed by atoms with E-state index in [2.05, 4.69) is 25.8 Å². The van der Waals surface area contributed by atoms with Crippen molar-refractivity contribution in [3.63, 3.8) is 0 Å². The normalized spacial score (nSPS) is 16.7. The molecule has 0 atom stereocenters. The second-order valence-corrected chi connectivity index (χ2v) is 9.82. The van der Waals surface area contributed by atoms with Crippen LogP contribution in [0.1, 0.15) is 65.8 Å². The molecule has 5 rings (SSSR count). The van der Waals surface area contributed by atoms with Crippen molar-refractivity contribution in [1.82, 2.24) is 25.8 Å². The molecule has 10 nitrogen and oxygen atoms in total. The van der Waals surface area contributed by atoms with Gasteiger partial charge in [-0.05, 0) is 62.3 Å². The molecule has 2 saturated carbocycles. The molecule has 2 heterocycles. The molecule has 0 radical (unpaired) electrons. The molecule has 3 N–H and O–H groups in total. The summed E-state index contributed by atoms with van der Waals surface area (Å²) in [6.07, 6.45) is 8.24. The van der Waals surface area contributed by atoms with Gasteiger partial charge >= 0.3 is 5.97 Å². The smallest absolute Gasteiger partial charge is 0.314 e. The van der Waals surface area contributed by atoms with E-state index >= 15 is 0 Å². The number of ether oxygens (including phenoxy) is 2. The van der Waals surface area contributed by atoms with Crippen molar-refractivity contribution in [2.24, 2.45) is 5.41 Å². The highest BCUT2D eigenvalue weighted by Crippen LogP contribution is 2.47. The molecule has 2 aromatic heterocycles. The monoisotopic (exact) mass is 505 g/mol. The Balaban J connectivity index is 1.31. The average molecular weight is 506 g/mol. The molecule has 0 aliphatic heterocycles. The summed E-state index contributed by atoms with van der Waals surface area (Å²) in [5.41, 5.74) is 2.12. The molecule has 2 amide bonds. The van der Waals surface area contributed by atoms with Crippen LogP contribution >= 0.6 is 0 Å². The van der Waals surface area contributed by atoms with Crippen LogP contribution in [0.3, 0.4) is 0 Å². The van der Waals surface area contributed by atoms with E-state index in [0.717, 1.165) is 31.2 Å². The van der Waals surface area contributed by atoms with E-state index < -0.39 is 5.41 Å². The summed E-state index contributed by atoms with van der Waals surface area (Å²) < 4.78 is 11.1. The van der Waals surface area contributed by atoms with Crippen molar-refractivity contribution >= 4 is 28.7 Å². The van der Waals surface area contributed by atoms with E-state index in [1.54, 1.807) is 25.4 Å². The summed E-state index contributed by atoms with van der Waals surface area (Å²) in [7, 11) is 3.01. The topological polar surface area (TPSA) is 135 Å². The molecule has 0 bridgehead atoms. The third-order valence-electron chi connectivity index (χ3n) is 7.33. The number of hydrogen-bond acceptors (Lipinski definition) is 7. The Hall–Kier alpha value is -3.95. The summed E-state index contributed by atoms with van der Waals surface area (Å²) in [5.74, 6) is -0.657. The lowest BCUT2D eigenvalue weighted by Gasteiger charge is -2.24. The largest absolute Gasteiger partial charge is 0.480 e. The molecule has 2 aliphatic rings. The van der Waals surface area contributed by atoms with E-state index in [0.29, 0.717) is 35.0 Å². The maximum atomic E-state index is 13.2. The minimum absolute atomic E-state index is 0.00459. The van der Waals surface area contributed by atoms with E-state index in [9.17, 15) is 14.4 Å². The molecule has 2 aliphatic carbocycles. The summed E-state index contributed by atoms with van der Waals surface area (Å²) in [6, 6.07) is 7.20. The van der Waals surface area contributed by atoms with Crippen LogP contribution in [0.2, 0.25) is 0 Å². The zero-order valence-corrected chi connectivity index (χ0v) is 21.1. The molecule has 0 spiro atoms. The van der Waals surface area contributed by atoms with Gasteiger partial charge in [0.1, 0.15) is 11.7 Å². The van der Waals surface area contributed by atoms with Crippen molar-refractivity contribution in [2.75, 3.05) is 20.7 Å². The lowest BCUT2D eigenvalue weighted by atomic mass is 9.97. The Kier molecular flexibility index (Phi) is 6.82. The first-order valence-corrected chi connectivity index (χ1v) is 12.7. The third-order valence-corrected chi connectivity index (χ3v) is 7.33. The minimum Gasteiger partial charge on any atom is -0.480 e. The highest BCUT2D eigenvalue weighted by molar-refractivity contribution is 6.05. The summed E-state index contributed by atoms with van der Waals surface area (Å²) in [5, 5.41) is 13.2. The van der Waals surface area contributed by atoms with E-state index in [-0.39, 0.29) is 41.9 Å². The van der Waals surface area contributed by atoms with Gasteiger partial charge in [0.25, 0.3) is 11.8 Å². The van der Waals surface area contributed by atoms with Crippen molar-refractivity contribution in [1.29, 1.82) is 0 Å². The number of aromatic amines is 1.